The van der Waals surface area contributed by atoms with Gasteiger partial charge >= 0.3 is 0 Å². The largest absolute Gasteiger partial charge is 0.268 e. The minimum Gasteiger partial charge on any atom is -0.268 e. The first kappa shape index (κ1) is 24.5. The predicted octanol–water partition coefficient (Wildman–Crippen LogP) is 9.23. The van der Waals surface area contributed by atoms with Gasteiger partial charge in [0.15, 0.2) is 0 Å². The summed E-state index contributed by atoms with van der Waals surface area (Å²) < 4.78 is 2.68. The fraction of sp³-hybridized carbons (Fsp3) is 0. The van der Waals surface area contributed by atoms with Gasteiger partial charge in [-0.1, -0.05) is 94.8 Å². The number of halogens is 1. The number of nitriles is 1. The van der Waals surface area contributed by atoms with Crippen LogP contribution in [0.3, 0.4) is 0 Å². The summed E-state index contributed by atoms with van der Waals surface area (Å²) in [5.74, 6) is 0. The first-order chi connectivity index (χ1) is 20.6. The molecule has 2 heterocycles. The summed E-state index contributed by atoms with van der Waals surface area (Å²) in [5.41, 5.74) is 8.82. The van der Waals surface area contributed by atoms with E-state index in [1.54, 1.807) is 4.40 Å². The second kappa shape index (κ2) is 9.37. The van der Waals surface area contributed by atoms with Crippen LogP contribution in [0.2, 0.25) is 0 Å². The molecule has 0 unspecified atom stereocenters. The van der Waals surface area contributed by atoms with E-state index in [0.29, 0.717) is 16.6 Å². The molecule has 0 aliphatic heterocycles. The third kappa shape index (κ3) is 3.59. The van der Waals surface area contributed by atoms with Crippen LogP contribution in [-0.2, 0) is 0 Å². The van der Waals surface area contributed by atoms with Gasteiger partial charge in [-0.25, -0.2) is 4.98 Å². The van der Waals surface area contributed by atoms with Crippen LogP contribution >= 0.6 is 15.9 Å². The van der Waals surface area contributed by atoms with Crippen LogP contribution in [-0.4, -0.2) is 9.38 Å². The number of fused-ring (bicyclic) bond motifs is 4. The van der Waals surface area contributed by atoms with E-state index < -0.39 is 0 Å². The molecule has 0 amide bonds. The minimum absolute atomic E-state index is 0.0984. The van der Waals surface area contributed by atoms with Crippen LogP contribution in [0.15, 0.2) is 131 Å². The van der Waals surface area contributed by atoms with Crippen LogP contribution in [0.1, 0.15) is 5.56 Å². The zero-order valence-corrected chi connectivity index (χ0v) is 23.8. The van der Waals surface area contributed by atoms with Gasteiger partial charge in [-0.05, 0) is 70.3 Å². The lowest BCUT2D eigenvalue weighted by molar-refractivity contribution is 1.19. The summed E-state index contributed by atoms with van der Waals surface area (Å²) in [5, 5.41) is 12.7. The van der Waals surface area contributed by atoms with E-state index in [1.807, 2.05) is 84.9 Å². The van der Waals surface area contributed by atoms with Crippen molar-refractivity contribution >= 4 is 54.2 Å². The number of hydrogen-bond acceptors (Lipinski definition) is 3. The summed E-state index contributed by atoms with van der Waals surface area (Å²) in [7, 11) is 0. The van der Waals surface area contributed by atoms with Crippen molar-refractivity contribution in [1.82, 2.24) is 9.38 Å². The number of hydrogen-bond donors (Lipinski definition) is 0. The maximum atomic E-state index is 14.4. The van der Waals surface area contributed by atoms with E-state index >= 15 is 0 Å². The highest BCUT2D eigenvalue weighted by Gasteiger charge is 2.22. The molecule has 0 aliphatic carbocycles. The van der Waals surface area contributed by atoms with Gasteiger partial charge in [0.05, 0.1) is 22.7 Å². The molecule has 8 rings (SSSR count). The lowest BCUT2D eigenvalue weighted by Crippen LogP contribution is -2.13. The fourth-order valence-corrected chi connectivity index (χ4v) is 6.65. The van der Waals surface area contributed by atoms with E-state index in [2.05, 4.69) is 58.4 Å². The normalized spacial score (nSPS) is 11.5. The number of imidazole rings is 1. The average molecular weight is 602 g/mol. The van der Waals surface area contributed by atoms with Crippen LogP contribution in [0.25, 0.3) is 71.6 Å². The highest BCUT2D eigenvalue weighted by molar-refractivity contribution is 9.10. The first-order valence-electron chi connectivity index (χ1n) is 13.6. The van der Waals surface area contributed by atoms with Crippen molar-refractivity contribution in [3.63, 3.8) is 0 Å². The van der Waals surface area contributed by atoms with E-state index in [4.69, 9.17) is 4.98 Å². The van der Waals surface area contributed by atoms with Crippen molar-refractivity contribution in [3.8, 4) is 39.4 Å². The second-order valence-corrected chi connectivity index (χ2v) is 11.2. The van der Waals surface area contributed by atoms with Crippen LogP contribution in [0, 0.1) is 11.3 Å². The summed E-state index contributed by atoms with van der Waals surface area (Å²) in [6.07, 6.45) is 0. The smallest absolute Gasteiger partial charge is 0.264 e. The molecule has 0 N–H and O–H groups in total. The molecule has 4 nitrogen and oxygen atoms in total. The summed E-state index contributed by atoms with van der Waals surface area (Å²) in [6, 6.07) is 42.4. The van der Waals surface area contributed by atoms with Crippen molar-refractivity contribution in [1.29, 1.82) is 5.26 Å². The van der Waals surface area contributed by atoms with Crippen LogP contribution in [0.5, 0.6) is 0 Å². The first-order valence-corrected chi connectivity index (χ1v) is 14.4. The minimum atomic E-state index is -0.0984. The standard InChI is InChI=1S/C37H20BrN3O/c38-31-18-17-28-33-29(16-15-27(34(31)33)25-13-11-22(21-39)12-14-25)37(42)41-32-20-26(23-7-3-1-4-8-23)19-30(35(32)40-36(28)41)24-9-5-2-6-10-24/h1-20H. The molecule has 42 heavy (non-hydrogen) atoms. The van der Waals surface area contributed by atoms with E-state index in [9.17, 15) is 10.1 Å². The second-order valence-electron chi connectivity index (χ2n) is 10.4. The number of aromatic nitrogens is 2. The molecule has 0 saturated carbocycles. The van der Waals surface area contributed by atoms with E-state index in [0.717, 1.165) is 65.0 Å². The van der Waals surface area contributed by atoms with Crippen molar-refractivity contribution in [2.45, 2.75) is 0 Å². The SMILES string of the molecule is N#Cc1ccc(-c2ccc3c(=O)n4c5cc(-c6ccccc6)cc(-c6ccccc6)c5nc4c4ccc(Br)c2c34)cc1. The van der Waals surface area contributed by atoms with Gasteiger partial charge in [-0.15, -0.1) is 0 Å². The molecule has 2 aromatic heterocycles. The Hall–Kier alpha value is -5.31. The molecule has 196 valence electrons. The molecular weight excluding hydrogens is 582 g/mol. The fourth-order valence-electron chi connectivity index (χ4n) is 6.10. The molecule has 0 saturated heterocycles. The molecule has 0 spiro atoms. The third-order valence-electron chi connectivity index (χ3n) is 8.06. The molecule has 0 fully saturated rings. The molecule has 0 atom stereocenters. The lowest BCUT2D eigenvalue weighted by Gasteiger charge is -2.13. The Kier molecular flexibility index (Phi) is 5.46. The molecule has 0 bridgehead atoms. The Balaban J connectivity index is 1.52. The Morgan fingerprint density at radius 3 is 2.02 bits per heavy atom. The summed E-state index contributed by atoms with van der Waals surface area (Å²) >= 11 is 3.78. The van der Waals surface area contributed by atoms with Gasteiger partial charge in [0.25, 0.3) is 5.56 Å². The predicted molar refractivity (Wildman–Crippen MR) is 174 cm³/mol. The third-order valence-corrected chi connectivity index (χ3v) is 8.72. The highest BCUT2D eigenvalue weighted by Crippen LogP contribution is 2.41. The Morgan fingerprint density at radius 1 is 0.643 bits per heavy atom. The summed E-state index contributed by atoms with van der Waals surface area (Å²) in [6.45, 7) is 0. The van der Waals surface area contributed by atoms with E-state index in [1.165, 1.54) is 0 Å². The van der Waals surface area contributed by atoms with Crippen LogP contribution in [0.4, 0.5) is 0 Å². The lowest BCUT2D eigenvalue weighted by atomic mass is 9.94. The number of benzene rings is 6. The van der Waals surface area contributed by atoms with Gasteiger partial charge in [0.1, 0.15) is 5.65 Å². The zero-order valence-electron chi connectivity index (χ0n) is 22.2. The zero-order chi connectivity index (χ0) is 28.4. The van der Waals surface area contributed by atoms with E-state index in [-0.39, 0.29) is 5.56 Å². The van der Waals surface area contributed by atoms with Gasteiger partial charge in [-0.3, -0.25) is 9.20 Å². The highest BCUT2D eigenvalue weighted by atomic mass is 79.9. The van der Waals surface area contributed by atoms with Crippen molar-refractivity contribution in [2.75, 3.05) is 0 Å². The van der Waals surface area contributed by atoms with Crippen molar-refractivity contribution < 1.29 is 0 Å². The summed E-state index contributed by atoms with van der Waals surface area (Å²) in [4.78, 5) is 19.6. The van der Waals surface area contributed by atoms with Gasteiger partial charge < -0.3 is 0 Å². The van der Waals surface area contributed by atoms with Gasteiger partial charge in [0, 0.05) is 31.6 Å². The van der Waals surface area contributed by atoms with Crippen LogP contribution < -0.4 is 5.56 Å². The molecule has 5 heteroatoms. The maximum absolute atomic E-state index is 14.4. The molecule has 8 aromatic rings. The Morgan fingerprint density at radius 2 is 1.31 bits per heavy atom. The quantitative estimate of drug-likeness (QED) is 0.203. The monoisotopic (exact) mass is 601 g/mol. The number of rotatable bonds is 3. The Labute approximate surface area is 249 Å². The topological polar surface area (TPSA) is 58.2 Å². The molecule has 6 aromatic carbocycles. The molecular formula is C37H20BrN3O. The van der Waals surface area contributed by atoms with Gasteiger partial charge in [0.2, 0.25) is 0 Å². The average Bonchev–Trinajstić information content (AvgIpc) is 3.44. The number of nitrogens with zero attached hydrogens (tertiary/aromatic N) is 3. The molecule has 0 radical (unpaired) electrons. The Bertz CT molecular complexity index is 2420. The van der Waals surface area contributed by atoms with Crippen molar-refractivity contribution in [3.05, 3.63) is 142 Å². The van der Waals surface area contributed by atoms with Crippen molar-refractivity contribution in [2.24, 2.45) is 0 Å². The molecule has 0 aliphatic rings. The maximum Gasteiger partial charge on any atom is 0.264 e. The number of pyridine rings is 1. The van der Waals surface area contributed by atoms with Gasteiger partial charge in [-0.2, -0.15) is 5.26 Å².